The van der Waals surface area contributed by atoms with Crippen LogP contribution in [-0.2, 0) is 10.0 Å². The number of benzene rings is 2. The van der Waals surface area contributed by atoms with Crippen molar-refractivity contribution in [2.45, 2.75) is 31.5 Å². The Morgan fingerprint density at radius 3 is 2.35 bits per heavy atom. The molecule has 0 saturated heterocycles. The van der Waals surface area contributed by atoms with Gasteiger partial charge in [0.1, 0.15) is 8.07 Å². The van der Waals surface area contributed by atoms with E-state index in [0.29, 0.717) is 17.1 Å². The van der Waals surface area contributed by atoms with E-state index < -0.39 is 18.1 Å². The molecule has 0 fully saturated rings. The maximum absolute atomic E-state index is 13.2. The molecule has 2 aromatic carbocycles. The third-order valence-corrected chi connectivity index (χ3v) is 6.80. The van der Waals surface area contributed by atoms with E-state index in [2.05, 4.69) is 31.1 Å². The molecule has 26 heavy (non-hydrogen) atoms. The Bertz CT molecular complexity index is 1020. The van der Waals surface area contributed by atoms with Gasteiger partial charge in [0.05, 0.1) is 17.1 Å². The Morgan fingerprint density at radius 2 is 1.69 bits per heavy atom. The molecule has 2 aromatic rings. The van der Waals surface area contributed by atoms with Crippen molar-refractivity contribution >= 4 is 29.4 Å². The zero-order valence-electron chi connectivity index (χ0n) is 15.6. The van der Waals surface area contributed by atoms with Gasteiger partial charge in [-0.25, -0.2) is 8.42 Å². The van der Waals surface area contributed by atoms with Crippen molar-refractivity contribution in [3.63, 3.8) is 0 Å². The second-order valence-electron chi connectivity index (χ2n) is 7.53. The minimum Gasteiger partial charge on any atom is -0.261 e. The average molecular weight is 382 g/mol. The predicted octanol–water partition coefficient (Wildman–Crippen LogP) is 4.47. The number of para-hydroxylation sites is 1. The summed E-state index contributed by atoms with van der Waals surface area (Å²) >= 11 is 0. The molecular formula is C21H23NO2SSi. The number of allylic oxidation sites excluding steroid dienone is 1. The number of anilines is 1. The molecule has 3 rings (SSSR count). The summed E-state index contributed by atoms with van der Waals surface area (Å²) in [5.74, 6) is 3.16. The van der Waals surface area contributed by atoms with Gasteiger partial charge in [0.2, 0.25) is 0 Å². The highest BCUT2D eigenvalue weighted by atomic mass is 32.2. The lowest BCUT2D eigenvalue weighted by Crippen LogP contribution is -2.28. The summed E-state index contributed by atoms with van der Waals surface area (Å²) in [6.07, 6.45) is 1.88. The second kappa shape index (κ2) is 6.79. The van der Waals surface area contributed by atoms with Crippen LogP contribution in [0, 0.1) is 18.4 Å². The van der Waals surface area contributed by atoms with Gasteiger partial charge < -0.3 is 0 Å². The first kappa shape index (κ1) is 18.5. The van der Waals surface area contributed by atoms with Gasteiger partial charge in [-0.1, -0.05) is 61.5 Å². The van der Waals surface area contributed by atoms with Crippen molar-refractivity contribution in [2.75, 3.05) is 10.8 Å². The third-order valence-electron chi connectivity index (χ3n) is 4.14. The lowest BCUT2D eigenvalue weighted by atomic mass is 10.1. The highest BCUT2D eigenvalue weighted by molar-refractivity contribution is 7.92. The summed E-state index contributed by atoms with van der Waals surface area (Å²) in [6.45, 7) is 8.83. The molecular weight excluding hydrogens is 358 g/mol. The maximum Gasteiger partial charge on any atom is 0.264 e. The first-order valence-corrected chi connectivity index (χ1v) is 13.5. The van der Waals surface area contributed by atoms with E-state index in [1.807, 2.05) is 49.4 Å². The van der Waals surface area contributed by atoms with E-state index in [-0.39, 0.29) is 0 Å². The molecule has 3 nitrogen and oxygen atoms in total. The van der Waals surface area contributed by atoms with Gasteiger partial charge in [0, 0.05) is 5.56 Å². The van der Waals surface area contributed by atoms with Crippen LogP contribution in [-0.4, -0.2) is 23.0 Å². The second-order valence-corrected chi connectivity index (χ2v) is 14.1. The van der Waals surface area contributed by atoms with Gasteiger partial charge >= 0.3 is 0 Å². The van der Waals surface area contributed by atoms with Crippen molar-refractivity contribution in [3.05, 3.63) is 65.7 Å². The van der Waals surface area contributed by atoms with E-state index in [1.54, 1.807) is 12.1 Å². The number of nitrogens with zero attached hydrogens (tertiary/aromatic N) is 1. The lowest BCUT2D eigenvalue weighted by Gasteiger charge is -2.19. The number of rotatable bonds is 2. The number of hydrogen-bond acceptors (Lipinski definition) is 2. The minimum atomic E-state index is -3.60. The fraction of sp³-hybridized carbons (Fsp3) is 0.238. The first-order chi connectivity index (χ1) is 12.2. The molecule has 0 bridgehead atoms. The zero-order chi connectivity index (χ0) is 18.9. The summed E-state index contributed by atoms with van der Waals surface area (Å²) in [5.41, 5.74) is 6.95. The SMILES string of the molecule is Cc1ccc(S(=O)(=O)N2C/C(=C/C#C[Si](C)(C)C)c3ccccc32)cc1. The molecule has 1 heterocycles. The molecule has 1 aliphatic heterocycles. The quantitative estimate of drug-likeness (QED) is 0.569. The fourth-order valence-corrected chi connectivity index (χ4v) is 4.77. The van der Waals surface area contributed by atoms with Crippen LogP contribution >= 0.6 is 0 Å². The Balaban J connectivity index is 2.04. The summed E-state index contributed by atoms with van der Waals surface area (Å²) in [7, 11) is -5.07. The van der Waals surface area contributed by atoms with Crippen LogP contribution in [0.25, 0.3) is 5.57 Å². The van der Waals surface area contributed by atoms with Crippen LogP contribution in [0.2, 0.25) is 19.6 Å². The Labute approximate surface area is 157 Å². The van der Waals surface area contributed by atoms with Crippen LogP contribution in [0.4, 0.5) is 5.69 Å². The van der Waals surface area contributed by atoms with Crippen LogP contribution in [0.3, 0.4) is 0 Å². The predicted molar refractivity (Wildman–Crippen MR) is 111 cm³/mol. The van der Waals surface area contributed by atoms with Gasteiger partial charge in [-0.2, -0.15) is 0 Å². The normalized spacial score (nSPS) is 15.5. The molecule has 1 aliphatic rings. The maximum atomic E-state index is 13.2. The molecule has 0 aromatic heterocycles. The lowest BCUT2D eigenvalue weighted by molar-refractivity contribution is 0.593. The highest BCUT2D eigenvalue weighted by Crippen LogP contribution is 2.38. The summed E-state index contributed by atoms with van der Waals surface area (Å²) in [6, 6.07) is 14.6. The van der Waals surface area contributed by atoms with Crippen molar-refractivity contribution in [1.82, 2.24) is 0 Å². The standard InChI is InChI=1S/C21H23NO2SSi/c1-17-11-13-19(14-12-17)25(23,24)22-16-18(8-7-15-26(2,3)4)20-9-5-6-10-21(20)22/h5-6,8-14H,16H2,1-4H3/b18-8-. The van der Waals surface area contributed by atoms with Crippen molar-refractivity contribution in [2.24, 2.45) is 0 Å². The van der Waals surface area contributed by atoms with Gasteiger partial charge in [-0.15, -0.1) is 5.54 Å². The molecule has 0 amide bonds. The Kier molecular flexibility index (Phi) is 4.83. The number of hydrogen-bond donors (Lipinski definition) is 0. The van der Waals surface area contributed by atoms with E-state index in [0.717, 1.165) is 16.7 Å². The molecule has 134 valence electrons. The summed E-state index contributed by atoms with van der Waals surface area (Å²) in [4.78, 5) is 0.312. The summed E-state index contributed by atoms with van der Waals surface area (Å²) in [5, 5.41) is 0. The van der Waals surface area contributed by atoms with E-state index in [9.17, 15) is 8.42 Å². The van der Waals surface area contributed by atoms with E-state index in [1.165, 1.54) is 4.31 Å². The van der Waals surface area contributed by atoms with E-state index in [4.69, 9.17) is 0 Å². The van der Waals surface area contributed by atoms with Crippen LogP contribution in [0.1, 0.15) is 11.1 Å². The van der Waals surface area contributed by atoms with Gasteiger partial charge in [0.15, 0.2) is 0 Å². The van der Waals surface area contributed by atoms with Crippen LogP contribution in [0.15, 0.2) is 59.5 Å². The van der Waals surface area contributed by atoms with E-state index >= 15 is 0 Å². The van der Waals surface area contributed by atoms with Gasteiger partial charge in [-0.05, 0) is 36.8 Å². The molecule has 0 spiro atoms. The minimum absolute atomic E-state index is 0.312. The zero-order valence-corrected chi connectivity index (χ0v) is 17.4. The largest absolute Gasteiger partial charge is 0.264 e. The molecule has 0 unspecified atom stereocenters. The third kappa shape index (κ3) is 3.77. The Hall–Kier alpha value is -2.29. The van der Waals surface area contributed by atoms with Crippen LogP contribution < -0.4 is 4.31 Å². The van der Waals surface area contributed by atoms with Crippen molar-refractivity contribution < 1.29 is 8.42 Å². The number of aryl methyl sites for hydroxylation is 1. The summed E-state index contributed by atoms with van der Waals surface area (Å²) < 4.78 is 27.8. The molecule has 0 N–H and O–H groups in total. The van der Waals surface area contributed by atoms with Crippen molar-refractivity contribution in [3.8, 4) is 11.5 Å². The number of fused-ring (bicyclic) bond motifs is 1. The molecule has 0 aliphatic carbocycles. The van der Waals surface area contributed by atoms with Crippen LogP contribution in [0.5, 0.6) is 0 Å². The monoisotopic (exact) mass is 381 g/mol. The Morgan fingerprint density at radius 1 is 1.04 bits per heavy atom. The first-order valence-electron chi connectivity index (χ1n) is 8.59. The van der Waals surface area contributed by atoms with Gasteiger partial charge in [-0.3, -0.25) is 4.31 Å². The molecule has 0 radical (unpaired) electrons. The smallest absolute Gasteiger partial charge is 0.261 e. The molecule has 0 saturated carbocycles. The number of sulfonamides is 1. The topological polar surface area (TPSA) is 37.4 Å². The molecule has 0 atom stereocenters. The average Bonchev–Trinajstić information content (AvgIpc) is 2.94. The van der Waals surface area contributed by atoms with Gasteiger partial charge in [0.25, 0.3) is 10.0 Å². The highest BCUT2D eigenvalue weighted by Gasteiger charge is 2.33. The fourth-order valence-electron chi connectivity index (χ4n) is 2.80. The molecule has 5 heteroatoms. The van der Waals surface area contributed by atoms with Crippen molar-refractivity contribution in [1.29, 1.82) is 0 Å².